The first-order valence-electron chi connectivity index (χ1n) is 14.1. The van der Waals surface area contributed by atoms with E-state index in [0.717, 1.165) is 33.6 Å². The summed E-state index contributed by atoms with van der Waals surface area (Å²) in [7, 11) is 3.57. The van der Waals surface area contributed by atoms with Crippen molar-refractivity contribution in [2.75, 3.05) is 38.3 Å². The molecule has 10 heteroatoms. The van der Waals surface area contributed by atoms with E-state index >= 15 is 0 Å². The normalized spacial score (nSPS) is 19.5. The fourth-order valence-electron chi connectivity index (χ4n) is 6.13. The molecule has 4 aliphatic heterocycles. The molecule has 4 aromatic rings. The molecule has 216 valence electrons. The van der Waals surface area contributed by atoms with Crippen LogP contribution in [0, 0.1) is 0 Å². The highest BCUT2D eigenvalue weighted by Crippen LogP contribution is 2.40. The van der Waals surface area contributed by atoms with Gasteiger partial charge in [0, 0.05) is 25.5 Å². The van der Waals surface area contributed by atoms with Crippen LogP contribution in [0.2, 0.25) is 0 Å². The van der Waals surface area contributed by atoms with Gasteiger partial charge in [-0.1, -0.05) is 24.3 Å². The Kier molecular flexibility index (Phi) is 5.65. The summed E-state index contributed by atoms with van der Waals surface area (Å²) in [5.74, 6) is 2.62. The minimum absolute atomic E-state index is 0.0701. The second kappa shape index (κ2) is 9.59. The number of benzene rings is 4. The van der Waals surface area contributed by atoms with Crippen LogP contribution in [-0.2, 0) is 6.42 Å². The summed E-state index contributed by atoms with van der Waals surface area (Å²) >= 11 is 0. The van der Waals surface area contributed by atoms with E-state index in [0.29, 0.717) is 40.5 Å². The molecule has 43 heavy (non-hydrogen) atoms. The number of fused-ring (bicyclic) bond motifs is 4. The summed E-state index contributed by atoms with van der Waals surface area (Å²) in [5.41, 5.74) is 6.54. The maximum absolute atomic E-state index is 13.5. The average molecular weight is 577 g/mol. The zero-order valence-electron chi connectivity index (χ0n) is 23.5. The van der Waals surface area contributed by atoms with E-state index in [1.807, 2.05) is 72.8 Å². The van der Waals surface area contributed by atoms with Gasteiger partial charge in [0.15, 0.2) is 23.0 Å². The Morgan fingerprint density at radius 1 is 0.605 bits per heavy atom. The van der Waals surface area contributed by atoms with Crippen molar-refractivity contribution in [2.45, 2.75) is 18.8 Å². The predicted octanol–water partition coefficient (Wildman–Crippen LogP) is 5.13. The molecular formula is C33H28N4O6. The van der Waals surface area contributed by atoms with Crippen molar-refractivity contribution in [1.29, 1.82) is 0 Å². The lowest BCUT2D eigenvalue weighted by atomic mass is 9.96. The van der Waals surface area contributed by atoms with Gasteiger partial charge in [-0.2, -0.15) is 0 Å². The van der Waals surface area contributed by atoms with Gasteiger partial charge >= 0.3 is 0 Å². The third-order valence-electron chi connectivity index (χ3n) is 8.46. The number of carbonyl (C=O) groups is 2. The van der Waals surface area contributed by atoms with Gasteiger partial charge in [0.05, 0.1) is 11.1 Å². The Bertz CT molecular complexity index is 1690. The molecule has 0 aliphatic carbocycles. The van der Waals surface area contributed by atoms with Gasteiger partial charge in [0.1, 0.15) is 12.3 Å². The molecular weight excluding hydrogens is 548 g/mol. The Morgan fingerprint density at radius 3 is 1.51 bits per heavy atom. The Labute approximate surface area is 247 Å². The van der Waals surface area contributed by atoms with Gasteiger partial charge in [0.2, 0.25) is 13.6 Å². The largest absolute Gasteiger partial charge is 0.454 e. The summed E-state index contributed by atoms with van der Waals surface area (Å²) in [6.45, 7) is 0.398. The van der Waals surface area contributed by atoms with E-state index in [1.165, 1.54) is 0 Å². The van der Waals surface area contributed by atoms with Crippen LogP contribution in [0.3, 0.4) is 0 Å². The molecule has 4 heterocycles. The van der Waals surface area contributed by atoms with E-state index in [9.17, 15) is 9.59 Å². The molecule has 4 aliphatic rings. The van der Waals surface area contributed by atoms with Gasteiger partial charge < -0.3 is 39.4 Å². The van der Waals surface area contributed by atoms with E-state index in [1.54, 1.807) is 23.9 Å². The molecule has 0 saturated heterocycles. The van der Waals surface area contributed by atoms with E-state index < -0.39 is 0 Å². The molecule has 2 N–H and O–H groups in total. The molecule has 0 aromatic heterocycles. The topological polar surface area (TPSA) is 102 Å². The van der Waals surface area contributed by atoms with Gasteiger partial charge in [-0.15, -0.1) is 0 Å². The highest BCUT2D eigenvalue weighted by molar-refractivity contribution is 6.02. The third kappa shape index (κ3) is 4.17. The first kappa shape index (κ1) is 25.3. The summed E-state index contributed by atoms with van der Waals surface area (Å²) < 4.78 is 21.9. The van der Waals surface area contributed by atoms with Crippen LogP contribution in [0.15, 0.2) is 72.8 Å². The number of hydrogen-bond acceptors (Lipinski definition) is 8. The predicted molar refractivity (Wildman–Crippen MR) is 158 cm³/mol. The second-order valence-corrected chi connectivity index (χ2v) is 11.1. The Hall–Kier alpha value is -5.38. The van der Waals surface area contributed by atoms with Crippen molar-refractivity contribution in [3.05, 3.63) is 106 Å². The number of carbonyl (C=O) groups excluding carboxylic acids is 2. The minimum atomic E-state index is -0.335. The smallest absolute Gasteiger partial charge is 0.257 e. The number of nitrogens with one attached hydrogen (secondary N) is 2. The first-order chi connectivity index (χ1) is 20.9. The molecule has 10 nitrogen and oxygen atoms in total. The summed E-state index contributed by atoms with van der Waals surface area (Å²) in [4.78, 5) is 30.3. The van der Waals surface area contributed by atoms with Gasteiger partial charge in [-0.05, 0) is 77.2 Å². The molecule has 4 aromatic carbocycles. The fourth-order valence-corrected chi connectivity index (χ4v) is 6.13. The lowest BCUT2D eigenvalue weighted by molar-refractivity contribution is 0.0728. The minimum Gasteiger partial charge on any atom is -0.454 e. The number of ether oxygens (including phenoxy) is 4. The summed E-state index contributed by atoms with van der Waals surface area (Å²) in [6, 6.07) is 23.2. The molecule has 8 rings (SSSR count). The first-order valence-corrected chi connectivity index (χ1v) is 14.1. The van der Waals surface area contributed by atoms with Gasteiger partial charge in [0.25, 0.3) is 11.8 Å². The number of rotatable bonds is 4. The second-order valence-electron chi connectivity index (χ2n) is 11.1. The zero-order valence-corrected chi connectivity index (χ0v) is 23.5. The molecule has 2 atom stereocenters. The fraction of sp³-hybridized carbons (Fsp3) is 0.212. The number of hydrogen-bond donors (Lipinski definition) is 2. The molecule has 0 saturated carbocycles. The van der Waals surface area contributed by atoms with Crippen molar-refractivity contribution in [3.63, 3.8) is 0 Å². The highest BCUT2D eigenvalue weighted by Gasteiger charge is 2.33. The lowest BCUT2D eigenvalue weighted by Crippen LogP contribution is -2.40. The SMILES string of the molecule is CN1C(=O)c2cc(Cc3ccc4c(c3)C(=O)N(C)C(c3ccc5c(c3)OCO5)N4)ccc2NC1c1ccc2c(c1)OCO2. The molecule has 0 bridgehead atoms. The highest BCUT2D eigenvalue weighted by atomic mass is 16.7. The molecule has 0 fully saturated rings. The molecule has 2 amide bonds. The zero-order chi connectivity index (χ0) is 29.2. The van der Waals surface area contributed by atoms with Crippen LogP contribution in [0.5, 0.6) is 23.0 Å². The Morgan fingerprint density at radius 2 is 1.05 bits per heavy atom. The molecule has 0 spiro atoms. The van der Waals surface area contributed by atoms with Crippen LogP contribution >= 0.6 is 0 Å². The van der Waals surface area contributed by atoms with Crippen LogP contribution in [-0.4, -0.2) is 49.3 Å². The standard InChI is InChI=1S/C33H28N4O6/c1-36-30(20-5-9-26-28(14-20)42-16-40-26)34-24-7-3-18(12-22(24)32(36)38)11-19-4-8-25-23(13-19)33(39)37(2)31(35-25)21-6-10-27-29(15-21)43-17-41-27/h3-10,12-15,30-31,34-35H,11,16-17H2,1-2H3. The molecule has 0 radical (unpaired) electrons. The average Bonchev–Trinajstić information content (AvgIpc) is 3.70. The summed E-state index contributed by atoms with van der Waals surface area (Å²) in [6.07, 6.45) is -0.0953. The van der Waals surface area contributed by atoms with Crippen molar-refractivity contribution >= 4 is 23.2 Å². The Balaban J connectivity index is 1.02. The summed E-state index contributed by atoms with van der Waals surface area (Å²) in [5, 5.41) is 6.99. The number of anilines is 2. The van der Waals surface area contributed by atoms with E-state index in [-0.39, 0.29) is 37.7 Å². The monoisotopic (exact) mass is 576 g/mol. The maximum atomic E-state index is 13.5. The van der Waals surface area contributed by atoms with Crippen LogP contribution in [0.25, 0.3) is 0 Å². The number of nitrogens with zero attached hydrogens (tertiary/aromatic N) is 2. The van der Waals surface area contributed by atoms with Crippen LogP contribution < -0.4 is 29.6 Å². The maximum Gasteiger partial charge on any atom is 0.257 e. The quantitative estimate of drug-likeness (QED) is 0.345. The van der Waals surface area contributed by atoms with E-state index in [2.05, 4.69) is 10.6 Å². The van der Waals surface area contributed by atoms with Crippen molar-refractivity contribution < 1.29 is 28.5 Å². The molecule has 2 unspecified atom stereocenters. The van der Waals surface area contributed by atoms with Crippen LogP contribution in [0.1, 0.15) is 55.3 Å². The number of amides is 2. The van der Waals surface area contributed by atoms with E-state index in [4.69, 9.17) is 18.9 Å². The lowest BCUT2D eigenvalue weighted by Gasteiger charge is -2.36. The third-order valence-corrected chi connectivity index (χ3v) is 8.46. The van der Waals surface area contributed by atoms with Crippen molar-refractivity contribution in [1.82, 2.24) is 9.80 Å². The van der Waals surface area contributed by atoms with Crippen molar-refractivity contribution in [3.8, 4) is 23.0 Å². The van der Waals surface area contributed by atoms with Gasteiger partial charge in [-0.3, -0.25) is 9.59 Å². The van der Waals surface area contributed by atoms with Gasteiger partial charge in [-0.25, -0.2) is 0 Å². The van der Waals surface area contributed by atoms with Crippen molar-refractivity contribution in [2.24, 2.45) is 0 Å². The van der Waals surface area contributed by atoms with Crippen LogP contribution in [0.4, 0.5) is 11.4 Å².